The van der Waals surface area contributed by atoms with Crippen LogP contribution in [0.15, 0.2) is 24.5 Å². The second kappa shape index (κ2) is 4.66. The van der Waals surface area contributed by atoms with E-state index in [1.807, 2.05) is 6.20 Å². The van der Waals surface area contributed by atoms with E-state index in [0.717, 1.165) is 18.7 Å². The maximum absolute atomic E-state index is 4.38. The van der Waals surface area contributed by atoms with Gasteiger partial charge < -0.3 is 9.72 Å². The van der Waals surface area contributed by atoms with E-state index in [1.54, 1.807) is 0 Å². The molecule has 0 radical (unpaired) electrons. The third-order valence-electron chi connectivity index (χ3n) is 2.59. The number of hydrogen-bond donors (Lipinski definition) is 1. The monoisotopic (exact) mass is 217 g/mol. The number of aryl methyl sites for hydroxylation is 1. The Morgan fingerprint density at radius 2 is 2.19 bits per heavy atom. The molecule has 0 saturated heterocycles. The standard InChI is InChI=1S/C13H19N3/c1-10(2)6-14-7-12-8-15-13-5-4-11(3)9-16(12)13/h4-5,8-10,14H,6-7H2,1-3H3. The van der Waals surface area contributed by atoms with Gasteiger partial charge in [0.05, 0.1) is 11.9 Å². The Hall–Kier alpha value is -1.35. The number of rotatable bonds is 4. The lowest BCUT2D eigenvalue weighted by Gasteiger charge is -2.07. The minimum Gasteiger partial charge on any atom is -0.311 e. The number of imidazole rings is 1. The van der Waals surface area contributed by atoms with Gasteiger partial charge in [-0.15, -0.1) is 0 Å². The first kappa shape index (κ1) is 11.1. The molecule has 3 nitrogen and oxygen atoms in total. The van der Waals surface area contributed by atoms with Gasteiger partial charge in [0.15, 0.2) is 0 Å². The highest BCUT2D eigenvalue weighted by Crippen LogP contribution is 2.08. The van der Waals surface area contributed by atoms with Crippen molar-refractivity contribution in [3.8, 4) is 0 Å². The van der Waals surface area contributed by atoms with Gasteiger partial charge in [0.2, 0.25) is 0 Å². The van der Waals surface area contributed by atoms with Crippen molar-refractivity contribution in [1.29, 1.82) is 0 Å². The number of aromatic nitrogens is 2. The third kappa shape index (κ3) is 2.42. The van der Waals surface area contributed by atoms with Crippen molar-refractivity contribution in [1.82, 2.24) is 14.7 Å². The molecular weight excluding hydrogens is 198 g/mol. The lowest BCUT2D eigenvalue weighted by molar-refractivity contribution is 0.547. The second-order valence-electron chi connectivity index (χ2n) is 4.71. The fourth-order valence-electron chi connectivity index (χ4n) is 1.76. The molecule has 0 bridgehead atoms. The predicted octanol–water partition coefficient (Wildman–Crippen LogP) is 2.39. The lowest BCUT2D eigenvalue weighted by Crippen LogP contribution is -2.19. The Morgan fingerprint density at radius 3 is 2.94 bits per heavy atom. The third-order valence-corrected chi connectivity index (χ3v) is 2.59. The van der Waals surface area contributed by atoms with Crippen molar-refractivity contribution in [2.24, 2.45) is 5.92 Å². The molecule has 0 unspecified atom stereocenters. The average molecular weight is 217 g/mol. The van der Waals surface area contributed by atoms with E-state index in [1.165, 1.54) is 11.3 Å². The highest BCUT2D eigenvalue weighted by atomic mass is 15.0. The summed E-state index contributed by atoms with van der Waals surface area (Å²) in [5.74, 6) is 0.681. The van der Waals surface area contributed by atoms with Gasteiger partial charge in [-0.05, 0) is 31.0 Å². The molecule has 0 aliphatic heterocycles. The van der Waals surface area contributed by atoms with Crippen LogP contribution >= 0.6 is 0 Å². The average Bonchev–Trinajstić information content (AvgIpc) is 2.60. The summed E-state index contributed by atoms with van der Waals surface area (Å²) in [6.45, 7) is 8.45. The van der Waals surface area contributed by atoms with E-state index in [0.29, 0.717) is 5.92 Å². The second-order valence-corrected chi connectivity index (χ2v) is 4.71. The summed E-state index contributed by atoms with van der Waals surface area (Å²) in [5, 5.41) is 3.44. The molecule has 0 aliphatic rings. The van der Waals surface area contributed by atoms with Gasteiger partial charge >= 0.3 is 0 Å². The van der Waals surface area contributed by atoms with Crippen molar-refractivity contribution in [3.05, 3.63) is 35.8 Å². The summed E-state index contributed by atoms with van der Waals surface area (Å²) in [6.07, 6.45) is 4.08. The molecule has 2 aromatic heterocycles. The molecular formula is C13H19N3. The SMILES string of the molecule is Cc1ccc2ncc(CNCC(C)C)n2c1. The molecule has 16 heavy (non-hydrogen) atoms. The molecule has 2 rings (SSSR count). The number of hydrogen-bond acceptors (Lipinski definition) is 2. The van der Waals surface area contributed by atoms with Crippen LogP contribution in [0.3, 0.4) is 0 Å². The molecule has 0 atom stereocenters. The normalized spacial score (nSPS) is 11.5. The maximum atomic E-state index is 4.38. The maximum Gasteiger partial charge on any atom is 0.136 e. The van der Waals surface area contributed by atoms with Crippen LogP contribution in [0.2, 0.25) is 0 Å². The van der Waals surface area contributed by atoms with E-state index >= 15 is 0 Å². The van der Waals surface area contributed by atoms with Crippen molar-refractivity contribution in [2.75, 3.05) is 6.54 Å². The number of fused-ring (bicyclic) bond motifs is 1. The van der Waals surface area contributed by atoms with Crippen molar-refractivity contribution >= 4 is 5.65 Å². The molecule has 0 amide bonds. The number of nitrogens with one attached hydrogen (secondary N) is 1. The van der Waals surface area contributed by atoms with Crippen LogP contribution in [-0.4, -0.2) is 15.9 Å². The first-order chi connectivity index (χ1) is 7.66. The highest BCUT2D eigenvalue weighted by molar-refractivity contribution is 5.41. The van der Waals surface area contributed by atoms with Gasteiger partial charge in [0, 0.05) is 12.7 Å². The fourth-order valence-corrected chi connectivity index (χ4v) is 1.76. The molecule has 1 N–H and O–H groups in total. The Kier molecular flexibility index (Phi) is 3.25. The quantitative estimate of drug-likeness (QED) is 0.852. The topological polar surface area (TPSA) is 29.3 Å². The Morgan fingerprint density at radius 1 is 1.38 bits per heavy atom. The van der Waals surface area contributed by atoms with Gasteiger partial charge in [-0.3, -0.25) is 0 Å². The Bertz CT molecular complexity index is 471. The number of nitrogens with zero attached hydrogens (tertiary/aromatic N) is 2. The first-order valence-electron chi connectivity index (χ1n) is 5.80. The smallest absolute Gasteiger partial charge is 0.136 e. The molecule has 2 heterocycles. The Balaban J connectivity index is 2.15. The van der Waals surface area contributed by atoms with Gasteiger partial charge in [0.25, 0.3) is 0 Å². The summed E-state index contributed by atoms with van der Waals surface area (Å²) >= 11 is 0. The van der Waals surface area contributed by atoms with Crippen molar-refractivity contribution < 1.29 is 0 Å². The first-order valence-corrected chi connectivity index (χ1v) is 5.80. The largest absolute Gasteiger partial charge is 0.311 e. The molecule has 0 aliphatic carbocycles. The van der Waals surface area contributed by atoms with Gasteiger partial charge in [-0.1, -0.05) is 19.9 Å². The highest BCUT2D eigenvalue weighted by Gasteiger charge is 2.02. The van der Waals surface area contributed by atoms with E-state index in [2.05, 4.69) is 53.8 Å². The van der Waals surface area contributed by atoms with E-state index in [9.17, 15) is 0 Å². The van der Waals surface area contributed by atoms with Crippen LogP contribution in [0.4, 0.5) is 0 Å². The number of pyridine rings is 1. The van der Waals surface area contributed by atoms with E-state index in [4.69, 9.17) is 0 Å². The summed E-state index contributed by atoms with van der Waals surface area (Å²) in [7, 11) is 0. The van der Waals surface area contributed by atoms with Crippen LogP contribution in [-0.2, 0) is 6.54 Å². The van der Waals surface area contributed by atoms with Crippen molar-refractivity contribution in [2.45, 2.75) is 27.3 Å². The molecule has 0 aromatic carbocycles. The fraction of sp³-hybridized carbons (Fsp3) is 0.462. The molecule has 0 spiro atoms. The van der Waals surface area contributed by atoms with E-state index in [-0.39, 0.29) is 0 Å². The summed E-state index contributed by atoms with van der Waals surface area (Å²) in [5.41, 5.74) is 3.50. The zero-order valence-electron chi connectivity index (χ0n) is 10.2. The lowest BCUT2D eigenvalue weighted by atomic mass is 10.2. The molecule has 0 fully saturated rings. The van der Waals surface area contributed by atoms with E-state index < -0.39 is 0 Å². The predicted molar refractivity (Wildman–Crippen MR) is 66.5 cm³/mol. The minimum atomic E-state index is 0.681. The van der Waals surface area contributed by atoms with Crippen LogP contribution in [0.25, 0.3) is 5.65 Å². The summed E-state index contributed by atoms with van der Waals surface area (Å²) in [4.78, 5) is 4.38. The minimum absolute atomic E-state index is 0.681. The van der Waals surface area contributed by atoms with Gasteiger partial charge in [0.1, 0.15) is 5.65 Å². The zero-order chi connectivity index (χ0) is 11.5. The molecule has 0 saturated carbocycles. The zero-order valence-corrected chi connectivity index (χ0v) is 10.2. The van der Waals surface area contributed by atoms with Gasteiger partial charge in [-0.2, -0.15) is 0 Å². The van der Waals surface area contributed by atoms with Crippen LogP contribution in [0.1, 0.15) is 25.1 Å². The Labute approximate surface area is 96.5 Å². The molecule has 86 valence electrons. The molecule has 3 heteroatoms. The van der Waals surface area contributed by atoms with Crippen LogP contribution in [0.5, 0.6) is 0 Å². The van der Waals surface area contributed by atoms with Gasteiger partial charge in [-0.25, -0.2) is 4.98 Å². The van der Waals surface area contributed by atoms with Crippen LogP contribution < -0.4 is 5.32 Å². The summed E-state index contributed by atoms with van der Waals surface area (Å²) in [6, 6.07) is 4.15. The molecule has 2 aromatic rings. The van der Waals surface area contributed by atoms with Crippen LogP contribution in [0, 0.1) is 12.8 Å². The summed E-state index contributed by atoms with van der Waals surface area (Å²) < 4.78 is 2.16. The van der Waals surface area contributed by atoms with Crippen molar-refractivity contribution in [3.63, 3.8) is 0 Å².